The van der Waals surface area contributed by atoms with Gasteiger partial charge in [-0.25, -0.2) is 4.90 Å². The molecule has 27 heavy (non-hydrogen) atoms. The fraction of sp³-hybridized carbons (Fsp3) is 0.545. The van der Waals surface area contributed by atoms with Crippen LogP contribution in [0, 0.1) is 35.5 Å². The van der Waals surface area contributed by atoms with Gasteiger partial charge in [-0.3, -0.25) is 9.59 Å². The van der Waals surface area contributed by atoms with Crippen molar-refractivity contribution in [1.29, 1.82) is 0 Å². The minimum Gasteiger partial charge on any atom is -0.497 e. The second-order valence-corrected chi connectivity index (χ2v) is 8.37. The van der Waals surface area contributed by atoms with Gasteiger partial charge in [0.2, 0.25) is 11.8 Å². The first-order valence-corrected chi connectivity index (χ1v) is 9.66. The maximum absolute atomic E-state index is 13.4. The number of allylic oxidation sites excluding steroid dienone is 2. The van der Waals surface area contributed by atoms with E-state index in [2.05, 4.69) is 26.8 Å². The number of rotatable bonds is 4. The van der Waals surface area contributed by atoms with Crippen LogP contribution in [0.3, 0.4) is 0 Å². The third-order valence-electron chi connectivity index (χ3n) is 6.76. The van der Waals surface area contributed by atoms with E-state index in [-0.39, 0.29) is 35.5 Å². The lowest BCUT2D eigenvalue weighted by molar-refractivity contribution is -0.127. The predicted molar refractivity (Wildman–Crippen MR) is 103 cm³/mol. The van der Waals surface area contributed by atoms with Gasteiger partial charge in [0, 0.05) is 18.2 Å². The first kappa shape index (κ1) is 18.1. The summed E-state index contributed by atoms with van der Waals surface area (Å²) in [5.74, 6) is 1.76. The van der Waals surface area contributed by atoms with Gasteiger partial charge in [0.05, 0.1) is 31.7 Å². The molecular weight excluding hydrogens is 342 g/mol. The van der Waals surface area contributed by atoms with Crippen molar-refractivity contribution < 1.29 is 19.1 Å². The van der Waals surface area contributed by atoms with Gasteiger partial charge in [0.1, 0.15) is 11.5 Å². The normalized spacial score (nSPS) is 32.0. The van der Waals surface area contributed by atoms with Crippen molar-refractivity contribution in [2.24, 2.45) is 35.5 Å². The van der Waals surface area contributed by atoms with Gasteiger partial charge in [-0.2, -0.15) is 0 Å². The van der Waals surface area contributed by atoms with E-state index in [0.717, 1.165) is 6.42 Å². The minimum atomic E-state index is -0.246. The Bertz CT molecular complexity index is 805. The predicted octanol–water partition coefficient (Wildman–Crippen LogP) is 3.68. The molecular formula is C22H27NO4. The summed E-state index contributed by atoms with van der Waals surface area (Å²) in [4.78, 5) is 28.1. The zero-order chi connectivity index (χ0) is 19.5. The van der Waals surface area contributed by atoms with Crippen LogP contribution in [0.25, 0.3) is 0 Å². The molecule has 2 bridgehead atoms. The van der Waals surface area contributed by atoms with Crippen LogP contribution in [0.1, 0.15) is 27.2 Å². The Morgan fingerprint density at radius 1 is 1.00 bits per heavy atom. The van der Waals surface area contributed by atoms with E-state index >= 15 is 0 Å². The zero-order valence-corrected chi connectivity index (χ0v) is 16.6. The Morgan fingerprint density at radius 2 is 1.59 bits per heavy atom. The molecule has 2 fully saturated rings. The van der Waals surface area contributed by atoms with Crippen LogP contribution < -0.4 is 14.4 Å². The van der Waals surface area contributed by atoms with Gasteiger partial charge < -0.3 is 9.47 Å². The second kappa shape index (κ2) is 6.39. The monoisotopic (exact) mass is 369 g/mol. The molecule has 0 spiro atoms. The average molecular weight is 369 g/mol. The highest BCUT2D eigenvalue weighted by molar-refractivity contribution is 6.22. The van der Waals surface area contributed by atoms with Crippen LogP contribution >= 0.6 is 0 Å². The number of nitrogens with zero attached hydrogens (tertiary/aromatic N) is 1. The molecule has 1 saturated carbocycles. The molecule has 0 N–H and O–H groups in total. The summed E-state index contributed by atoms with van der Waals surface area (Å²) < 4.78 is 10.7. The summed E-state index contributed by atoms with van der Waals surface area (Å²) in [6.45, 7) is 6.55. The van der Waals surface area contributed by atoms with E-state index in [1.165, 1.54) is 10.5 Å². The molecule has 0 aromatic heterocycles. The number of ether oxygens (including phenoxy) is 2. The Kier molecular flexibility index (Phi) is 4.28. The van der Waals surface area contributed by atoms with Crippen molar-refractivity contribution in [1.82, 2.24) is 0 Å². The molecule has 0 radical (unpaired) electrons. The van der Waals surface area contributed by atoms with Crippen molar-refractivity contribution in [3.8, 4) is 11.5 Å². The minimum absolute atomic E-state index is 0.0787. The number of benzene rings is 1. The summed E-state index contributed by atoms with van der Waals surface area (Å²) >= 11 is 0. The first-order valence-electron chi connectivity index (χ1n) is 9.66. The highest BCUT2D eigenvalue weighted by atomic mass is 16.5. The van der Waals surface area contributed by atoms with Crippen molar-refractivity contribution >= 4 is 17.5 Å². The number of anilines is 1. The molecule has 1 heterocycles. The molecule has 5 heteroatoms. The van der Waals surface area contributed by atoms with E-state index in [4.69, 9.17) is 9.47 Å². The number of imide groups is 1. The lowest BCUT2D eigenvalue weighted by Crippen LogP contribution is -2.46. The Labute approximate surface area is 160 Å². The van der Waals surface area contributed by atoms with Gasteiger partial charge in [0.15, 0.2) is 0 Å². The van der Waals surface area contributed by atoms with Crippen LogP contribution in [0.15, 0.2) is 29.8 Å². The highest BCUT2D eigenvalue weighted by Gasteiger charge is 2.60. The molecule has 1 aliphatic heterocycles. The number of hydrogen-bond donors (Lipinski definition) is 0. The highest BCUT2D eigenvalue weighted by Crippen LogP contribution is 2.56. The van der Waals surface area contributed by atoms with E-state index in [1.807, 2.05) is 0 Å². The maximum Gasteiger partial charge on any atom is 0.238 e. The summed E-state index contributed by atoms with van der Waals surface area (Å²) in [5, 5.41) is 0. The molecule has 144 valence electrons. The van der Waals surface area contributed by atoms with E-state index in [1.54, 1.807) is 32.4 Å². The SMILES string of the molecule is COc1cc(OC)cc(N2C(=O)[C@@H]3C4C[C@@H](C(C)C)C(C=C4C)[C@@H]3C2=O)c1. The molecule has 2 amide bonds. The molecule has 1 aromatic rings. The summed E-state index contributed by atoms with van der Waals surface area (Å²) in [6, 6.07) is 5.21. The molecule has 2 unspecified atom stereocenters. The Morgan fingerprint density at radius 3 is 2.15 bits per heavy atom. The van der Waals surface area contributed by atoms with Gasteiger partial charge in [-0.15, -0.1) is 0 Å². The van der Waals surface area contributed by atoms with E-state index in [9.17, 15) is 9.59 Å². The molecule has 1 aromatic carbocycles. The Balaban J connectivity index is 1.76. The topological polar surface area (TPSA) is 55.8 Å². The number of hydrogen-bond acceptors (Lipinski definition) is 4. The molecule has 5 atom stereocenters. The molecule has 5 nitrogen and oxygen atoms in total. The summed E-state index contributed by atoms with van der Waals surface area (Å²) in [6.07, 6.45) is 3.26. The standard InChI is InChI=1S/C22H27NO4/c1-11(2)16-10-17-12(3)6-18(16)20-19(17)21(24)23(22(20)25)13-7-14(26-4)9-15(8-13)27-5/h6-9,11,16-20H,10H2,1-5H3/t16-,17?,18?,19+,20-/m0/s1. The lowest BCUT2D eigenvalue weighted by atomic mass is 9.54. The molecule has 4 aliphatic rings. The fourth-order valence-corrected chi connectivity index (χ4v) is 5.42. The number of fused-ring (bicyclic) bond motifs is 1. The largest absolute Gasteiger partial charge is 0.497 e. The molecule has 1 saturated heterocycles. The number of carbonyl (C=O) groups excluding carboxylic acids is 2. The third-order valence-corrected chi connectivity index (χ3v) is 6.76. The smallest absolute Gasteiger partial charge is 0.238 e. The third kappa shape index (κ3) is 2.59. The van der Waals surface area contributed by atoms with Crippen LogP contribution in [-0.4, -0.2) is 26.0 Å². The van der Waals surface area contributed by atoms with Gasteiger partial charge in [0.25, 0.3) is 0 Å². The zero-order valence-electron chi connectivity index (χ0n) is 16.6. The Hall–Kier alpha value is -2.30. The molecule has 3 aliphatic carbocycles. The van der Waals surface area contributed by atoms with Crippen LogP contribution in [0.5, 0.6) is 11.5 Å². The van der Waals surface area contributed by atoms with Crippen LogP contribution in [0.4, 0.5) is 5.69 Å². The fourth-order valence-electron chi connectivity index (χ4n) is 5.42. The van der Waals surface area contributed by atoms with Crippen molar-refractivity contribution in [3.63, 3.8) is 0 Å². The lowest BCUT2D eigenvalue weighted by Gasteiger charge is -2.48. The number of amides is 2. The van der Waals surface area contributed by atoms with E-state index in [0.29, 0.717) is 29.0 Å². The van der Waals surface area contributed by atoms with Crippen molar-refractivity contribution in [2.75, 3.05) is 19.1 Å². The van der Waals surface area contributed by atoms with Crippen LogP contribution in [-0.2, 0) is 9.59 Å². The average Bonchev–Trinajstić information content (AvgIpc) is 2.93. The quantitative estimate of drug-likeness (QED) is 0.600. The number of carbonyl (C=O) groups is 2. The summed E-state index contributed by atoms with van der Waals surface area (Å²) in [7, 11) is 3.12. The van der Waals surface area contributed by atoms with Gasteiger partial charge in [-0.1, -0.05) is 25.5 Å². The van der Waals surface area contributed by atoms with Gasteiger partial charge >= 0.3 is 0 Å². The van der Waals surface area contributed by atoms with E-state index < -0.39 is 0 Å². The van der Waals surface area contributed by atoms with Crippen LogP contribution in [0.2, 0.25) is 0 Å². The second-order valence-electron chi connectivity index (χ2n) is 8.37. The van der Waals surface area contributed by atoms with Crippen molar-refractivity contribution in [3.05, 3.63) is 29.8 Å². The number of methoxy groups -OCH3 is 2. The first-order chi connectivity index (χ1) is 12.9. The van der Waals surface area contributed by atoms with Crippen molar-refractivity contribution in [2.45, 2.75) is 27.2 Å². The maximum atomic E-state index is 13.4. The van der Waals surface area contributed by atoms with Gasteiger partial charge in [-0.05, 0) is 37.0 Å². The molecule has 5 rings (SSSR count). The summed E-state index contributed by atoms with van der Waals surface area (Å²) in [5.41, 5.74) is 1.80.